The van der Waals surface area contributed by atoms with Crippen molar-refractivity contribution in [3.05, 3.63) is 57.5 Å². The molecular weight excluding hydrogens is 287 g/mol. The molecule has 0 atom stereocenters. The highest BCUT2D eigenvalue weighted by Gasteiger charge is 2.20. The highest BCUT2D eigenvalue weighted by Crippen LogP contribution is 2.23. The van der Waals surface area contributed by atoms with Crippen molar-refractivity contribution in [3.8, 4) is 0 Å². The summed E-state index contributed by atoms with van der Waals surface area (Å²) in [5, 5.41) is 5.02. The molecule has 0 aliphatic carbocycles. The third kappa shape index (κ3) is 3.42. The summed E-state index contributed by atoms with van der Waals surface area (Å²) in [5.41, 5.74) is 2.29. The first-order valence-corrected chi connectivity index (χ1v) is 7.93. The third-order valence-electron chi connectivity index (χ3n) is 3.70. The Morgan fingerprint density at radius 3 is 2.90 bits per heavy atom. The van der Waals surface area contributed by atoms with Gasteiger partial charge in [-0.3, -0.25) is 0 Å². The lowest BCUT2D eigenvalue weighted by Gasteiger charge is -2.27. The van der Waals surface area contributed by atoms with Crippen LogP contribution in [0.15, 0.2) is 35.7 Å². The Morgan fingerprint density at radius 1 is 1.29 bits per heavy atom. The topological polar surface area (TPSA) is 32.3 Å². The first-order valence-electron chi connectivity index (χ1n) is 7.05. The fraction of sp³-hybridized carbons (Fsp3) is 0.312. The second-order valence-electron chi connectivity index (χ2n) is 5.15. The third-order valence-corrected chi connectivity index (χ3v) is 4.72. The van der Waals surface area contributed by atoms with Gasteiger partial charge in [0.15, 0.2) is 0 Å². The van der Waals surface area contributed by atoms with E-state index >= 15 is 0 Å². The molecule has 2 aromatic rings. The molecule has 5 heteroatoms. The van der Waals surface area contributed by atoms with E-state index in [0.717, 1.165) is 18.5 Å². The molecule has 3 nitrogen and oxygen atoms in total. The highest BCUT2D eigenvalue weighted by molar-refractivity contribution is 7.10. The number of nitrogens with one attached hydrogen (secondary N) is 1. The Balaban J connectivity index is 1.48. The van der Waals surface area contributed by atoms with Gasteiger partial charge < -0.3 is 10.2 Å². The van der Waals surface area contributed by atoms with Crippen LogP contribution < -0.4 is 5.32 Å². The zero-order chi connectivity index (χ0) is 14.7. The smallest absolute Gasteiger partial charge is 0.317 e. The SMILES string of the molecule is O=C(NCCc1ccc(F)cc1)N1CCc2sccc2C1. The van der Waals surface area contributed by atoms with E-state index in [2.05, 4.69) is 16.8 Å². The summed E-state index contributed by atoms with van der Waals surface area (Å²) >= 11 is 1.77. The van der Waals surface area contributed by atoms with E-state index in [1.165, 1.54) is 22.6 Å². The summed E-state index contributed by atoms with van der Waals surface area (Å²) in [6.07, 6.45) is 1.65. The maximum atomic E-state index is 12.8. The average Bonchev–Trinajstić information content (AvgIpc) is 2.96. The number of carbonyl (C=O) groups is 1. The molecule has 0 fully saturated rings. The minimum Gasteiger partial charge on any atom is -0.338 e. The molecule has 1 aromatic carbocycles. The van der Waals surface area contributed by atoms with Gasteiger partial charge in [0.1, 0.15) is 5.82 Å². The first kappa shape index (κ1) is 14.1. The van der Waals surface area contributed by atoms with Crippen LogP contribution in [0, 0.1) is 5.82 Å². The minimum atomic E-state index is -0.234. The zero-order valence-corrected chi connectivity index (χ0v) is 12.5. The molecule has 1 aliphatic rings. The Labute approximate surface area is 127 Å². The molecule has 0 saturated carbocycles. The van der Waals surface area contributed by atoms with E-state index in [1.807, 2.05) is 4.90 Å². The van der Waals surface area contributed by atoms with Crippen molar-refractivity contribution in [2.24, 2.45) is 0 Å². The summed E-state index contributed by atoms with van der Waals surface area (Å²) in [5.74, 6) is -0.234. The lowest BCUT2D eigenvalue weighted by atomic mass is 10.1. The number of fused-ring (bicyclic) bond motifs is 1. The van der Waals surface area contributed by atoms with E-state index in [0.29, 0.717) is 19.5 Å². The van der Waals surface area contributed by atoms with Gasteiger partial charge in [0.05, 0.1) is 0 Å². The second kappa shape index (κ2) is 6.26. The maximum absolute atomic E-state index is 12.8. The molecule has 2 heterocycles. The van der Waals surface area contributed by atoms with Crippen LogP contribution in [-0.2, 0) is 19.4 Å². The Hall–Kier alpha value is -1.88. The number of nitrogens with zero attached hydrogens (tertiary/aromatic N) is 1. The van der Waals surface area contributed by atoms with Crippen molar-refractivity contribution < 1.29 is 9.18 Å². The maximum Gasteiger partial charge on any atom is 0.317 e. The van der Waals surface area contributed by atoms with Crippen LogP contribution in [0.3, 0.4) is 0 Å². The summed E-state index contributed by atoms with van der Waals surface area (Å²) in [6, 6.07) is 8.46. The van der Waals surface area contributed by atoms with Gasteiger partial charge in [-0.1, -0.05) is 12.1 Å². The molecule has 3 rings (SSSR count). The number of urea groups is 1. The van der Waals surface area contributed by atoms with Crippen LogP contribution in [0.5, 0.6) is 0 Å². The molecule has 2 amide bonds. The zero-order valence-electron chi connectivity index (χ0n) is 11.6. The van der Waals surface area contributed by atoms with E-state index in [4.69, 9.17) is 0 Å². The van der Waals surface area contributed by atoms with Gasteiger partial charge in [-0.2, -0.15) is 0 Å². The molecule has 1 aromatic heterocycles. The van der Waals surface area contributed by atoms with Gasteiger partial charge in [-0.05, 0) is 47.5 Å². The standard InChI is InChI=1S/C16H17FN2OS/c17-14-3-1-12(2-4-14)5-8-18-16(20)19-9-6-15-13(11-19)7-10-21-15/h1-4,7,10H,5-6,8-9,11H2,(H,18,20). The van der Waals surface area contributed by atoms with Gasteiger partial charge >= 0.3 is 6.03 Å². The number of hydrogen-bond donors (Lipinski definition) is 1. The Bertz CT molecular complexity index is 623. The number of benzene rings is 1. The van der Waals surface area contributed by atoms with Crippen molar-refractivity contribution in [1.82, 2.24) is 10.2 Å². The summed E-state index contributed by atoms with van der Waals surface area (Å²) in [7, 11) is 0. The highest BCUT2D eigenvalue weighted by atomic mass is 32.1. The molecule has 0 unspecified atom stereocenters. The molecule has 110 valence electrons. The minimum absolute atomic E-state index is 0.0195. The first-order chi connectivity index (χ1) is 10.2. The fourth-order valence-corrected chi connectivity index (χ4v) is 3.39. The Kier molecular flexibility index (Phi) is 4.20. The number of thiophene rings is 1. The van der Waals surface area contributed by atoms with Crippen LogP contribution in [-0.4, -0.2) is 24.0 Å². The van der Waals surface area contributed by atoms with Crippen LogP contribution in [0.25, 0.3) is 0 Å². The lowest BCUT2D eigenvalue weighted by Crippen LogP contribution is -2.43. The number of halogens is 1. The van der Waals surface area contributed by atoms with Crippen LogP contribution in [0.2, 0.25) is 0 Å². The second-order valence-corrected chi connectivity index (χ2v) is 6.15. The van der Waals surface area contributed by atoms with Crippen LogP contribution >= 0.6 is 11.3 Å². The average molecular weight is 304 g/mol. The van der Waals surface area contributed by atoms with Crippen LogP contribution in [0.4, 0.5) is 9.18 Å². The monoisotopic (exact) mass is 304 g/mol. The number of carbonyl (C=O) groups excluding carboxylic acids is 1. The van der Waals surface area contributed by atoms with Crippen molar-refractivity contribution in [2.75, 3.05) is 13.1 Å². The van der Waals surface area contributed by atoms with Gasteiger partial charge in [0.25, 0.3) is 0 Å². The molecule has 0 saturated heterocycles. The normalized spacial score (nSPS) is 13.9. The summed E-state index contributed by atoms with van der Waals surface area (Å²) in [6.45, 7) is 2.04. The Morgan fingerprint density at radius 2 is 2.10 bits per heavy atom. The predicted octanol–water partition coefficient (Wildman–Crippen LogP) is 3.20. The van der Waals surface area contributed by atoms with E-state index in [9.17, 15) is 9.18 Å². The van der Waals surface area contributed by atoms with Gasteiger partial charge in [-0.25, -0.2) is 9.18 Å². The quantitative estimate of drug-likeness (QED) is 0.928. The number of rotatable bonds is 3. The molecule has 0 radical (unpaired) electrons. The summed E-state index contributed by atoms with van der Waals surface area (Å²) in [4.78, 5) is 15.4. The van der Waals surface area contributed by atoms with Gasteiger partial charge in [0, 0.05) is 24.5 Å². The number of amides is 2. The van der Waals surface area contributed by atoms with Gasteiger partial charge in [0.2, 0.25) is 0 Å². The van der Waals surface area contributed by atoms with Crippen molar-refractivity contribution in [1.29, 1.82) is 0 Å². The lowest BCUT2D eigenvalue weighted by molar-refractivity contribution is 0.193. The number of hydrogen-bond acceptors (Lipinski definition) is 2. The molecule has 0 spiro atoms. The van der Waals surface area contributed by atoms with Crippen molar-refractivity contribution in [2.45, 2.75) is 19.4 Å². The molecule has 1 N–H and O–H groups in total. The predicted molar refractivity (Wildman–Crippen MR) is 81.9 cm³/mol. The van der Waals surface area contributed by atoms with Gasteiger partial charge in [-0.15, -0.1) is 11.3 Å². The van der Waals surface area contributed by atoms with Crippen molar-refractivity contribution >= 4 is 17.4 Å². The molecule has 0 bridgehead atoms. The fourth-order valence-electron chi connectivity index (χ4n) is 2.50. The van der Waals surface area contributed by atoms with E-state index < -0.39 is 0 Å². The molecule has 1 aliphatic heterocycles. The van der Waals surface area contributed by atoms with Crippen LogP contribution in [0.1, 0.15) is 16.0 Å². The summed E-state index contributed by atoms with van der Waals surface area (Å²) < 4.78 is 12.8. The van der Waals surface area contributed by atoms with Crippen molar-refractivity contribution in [3.63, 3.8) is 0 Å². The molecular formula is C16H17FN2OS. The van der Waals surface area contributed by atoms with E-state index in [1.54, 1.807) is 23.5 Å². The molecule has 21 heavy (non-hydrogen) atoms. The van der Waals surface area contributed by atoms with E-state index in [-0.39, 0.29) is 11.8 Å². The largest absolute Gasteiger partial charge is 0.338 e.